The zero-order valence-electron chi connectivity index (χ0n) is 22.7. The number of H-pyrrole nitrogens is 1. The second-order valence-electron chi connectivity index (χ2n) is 10.3. The number of rotatable bonds is 11. The molecule has 1 aliphatic carbocycles. The van der Waals surface area contributed by atoms with Crippen LogP contribution in [0.1, 0.15) is 52.2 Å². The molecule has 0 radical (unpaired) electrons. The van der Waals surface area contributed by atoms with E-state index in [1.807, 2.05) is 0 Å². The molecule has 0 spiro atoms. The molecule has 15 heteroatoms. The van der Waals surface area contributed by atoms with Crippen LogP contribution >= 0.6 is 7.75 Å². The van der Waals surface area contributed by atoms with Gasteiger partial charge in [-0.15, -0.1) is 0 Å². The number of carbonyl (C=O) groups is 1. The van der Waals surface area contributed by atoms with Gasteiger partial charge in [0, 0.05) is 12.3 Å². The normalized spacial score (nSPS) is 27.1. The molecule has 1 aromatic carbocycles. The maximum absolute atomic E-state index is 13.9. The van der Waals surface area contributed by atoms with E-state index in [1.54, 1.807) is 0 Å². The van der Waals surface area contributed by atoms with Crippen LogP contribution in [-0.2, 0) is 23.4 Å². The van der Waals surface area contributed by atoms with Gasteiger partial charge < -0.3 is 19.1 Å². The summed E-state index contributed by atoms with van der Waals surface area (Å²) in [5, 5.41) is 13.6. The smallest absolute Gasteiger partial charge is 0.459 e. The first-order chi connectivity index (χ1) is 19.4. The van der Waals surface area contributed by atoms with Gasteiger partial charge >= 0.3 is 19.4 Å². The molecule has 41 heavy (non-hydrogen) atoms. The van der Waals surface area contributed by atoms with Crippen LogP contribution in [0.4, 0.5) is 4.39 Å². The summed E-state index contributed by atoms with van der Waals surface area (Å²) in [5.41, 5.74) is -2.90. The average Bonchev–Trinajstić information content (AvgIpc) is 3.19. The summed E-state index contributed by atoms with van der Waals surface area (Å²) in [7, 11) is -4.38. The largest absolute Gasteiger partial charge is 0.461 e. The van der Waals surface area contributed by atoms with Crippen molar-refractivity contribution < 1.29 is 37.4 Å². The van der Waals surface area contributed by atoms with E-state index in [4.69, 9.17) is 18.5 Å². The van der Waals surface area contributed by atoms with Gasteiger partial charge in [0.25, 0.3) is 5.56 Å². The van der Waals surface area contributed by atoms with Crippen molar-refractivity contribution in [2.45, 2.75) is 82.1 Å². The molecule has 2 aromatic rings. The lowest BCUT2D eigenvalue weighted by Gasteiger charge is -2.29. The second-order valence-corrected chi connectivity index (χ2v) is 12.0. The molecule has 1 saturated heterocycles. The third-order valence-corrected chi connectivity index (χ3v) is 8.83. The molecule has 2 aliphatic rings. The number of nitrogens with zero attached hydrogens (tertiary/aromatic N) is 2. The highest BCUT2D eigenvalue weighted by Crippen LogP contribution is 2.47. The minimum atomic E-state index is -4.38. The molecular formula is C26H34FN4O9P. The number of hydrogen-bond donors (Lipinski definition) is 3. The Morgan fingerprint density at radius 1 is 1.29 bits per heavy atom. The molecule has 3 N–H and O–H groups in total. The Morgan fingerprint density at radius 2 is 1.98 bits per heavy atom. The van der Waals surface area contributed by atoms with E-state index in [9.17, 15) is 28.4 Å². The third-order valence-electron chi connectivity index (χ3n) is 7.19. The number of benzene rings is 1. The molecule has 13 nitrogen and oxygen atoms in total. The molecule has 2 heterocycles. The fourth-order valence-electron chi connectivity index (χ4n) is 4.80. The Morgan fingerprint density at radius 3 is 2.61 bits per heavy atom. The molecule has 0 bridgehead atoms. The maximum atomic E-state index is 13.9. The lowest BCUT2D eigenvalue weighted by atomic mass is 9.93. The van der Waals surface area contributed by atoms with Gasteiger partial charge in [-0.25, -0.2) is 13.8 Å². The zero-order chi connectivity index (χ0) is 29.8. The monoisotopic (exact) mass is 596 g/mol. The molecule has 4 rings (SSSR count). The molecule has 1 aliphatic heterocycles. The molecule has 1 saturated carbocycles. The van der Waals surface area contributed by atoms with Crippen molar-refractivity contribution in [3.05, 3.63) is 63.2 Å². The standard InChI is InChI=1S/C26H34FN4O9P/c1-16(23(34)38-18-7-5-4-6-8-18)30-41(36,40-19-11-9-17(27)10-12-19)37-15-20-22(33)26(2,28-3)24(39-20)31-14-13-21(32)29-25(31)35/h9-14,16,18,20,22,24,33H,3-8,15H2,1-2H3,(H,30,36)(H,29,32,35)/t16-,20+,22+,24+,26+,41?/m0/s1. The van der Waals surface area contributed by atoms with Crippen molar-refractivity contribution in [2.75, 3.05) is 6.61 Å². The van der Waals surface area contributed by atoms with Crippen LogP contribution < -0.4 is 20.9 Å². The number of aliphatic imine (C=N–C) groups is 1. The lowest BCUT2D eigenvalue weighted by molar-refractivity contribution is -0.152. The van der Waals surface area contributed by atoms with Gasteiger partial charge in [-0.2, -0.15) is 5.09 Å². The van der Waals surface area contributed by atoms with E-state index < -0.39 is 67.4 Å². The summed E-state index contributed by atoms with van der Waals surface area (Å²) < 4.78 is 51.0. The van der Waals surface area contributed by atoms with Crippen LogP contribution in [0.15, 0.2) is 51.1 Å². The van der Waals surface area contributed by atoms with Crippen molar-refractivity contribution in [3.63, 3.8) is 0 Å². The van der Waals surface area contributed by atoms with E-state index in [0.717, 1.165) is 54.9 Å². The molecule has 224 valence electrons. The van der Waals surface area contributed by atoms with Crippen LogP contribution in [-0.4, -0.2) is 63.8 Å². The number of aliphatic hydroxyl groups excluding tert-OH is 1. The van der Waals surface area contributed by atoms with Gasteiger partial charge in [-0.05, 0) is 70.5 Å². The van der Waals surface area contributed by atoms with Crippen LogP contribution in [0.5, 0.6) is 5.75 Å². The third kappa shape index (κ3) is 7.19. The Balaban J connectivity index is 1.52. The molecule has 0 amide bonds. The first kappa shape index (κ1) is 30.8. The van der Waals surface area contributed by atoms with Crippen molar-refractivity contribution in [3.8, 4) is 5.75 Å². The quantitative estimate of drug-likeness (QED) is 0.199. The number of ether oxygens (including phenoxy) is 2. The Bertz CT molecular complexity index is 1390. The van der Waals surface area contributed by atoms with Gasteiger partial charge in [-0.3, -0.25) is 28.7 Å². The van der Waals surface area contributed by atoms with E-state index in [2.05, 4.69) is 21.8 Å². The van der Waals surface area contributed by atoms with Gasteiger partial charge in [0.05, 0.1) is 6.61 Å². The Labute approximate surface area is 235 Å². The summed E-state index contributed by atoms with van der Waals surface area (Å²) in [4.78, 5) is 42.8. The number of hydrogen-bond acceptors (Lipinski definition) is 10. The highest BCUT2D eigenvalue weighted by molar-refractivity contribution is 7.52. The van der Waals surface area contributed by atoms with Crippen molar-refractivity contribution >= 4 is 20.4 Å². The number of esters is 1. The van der Waals surface area contributed by atoms with Crippen LogP contribution in [0.3, 0.4) is 0 Å². The topological polar surface area (TPSA) is 171 Å². The highest BCUT2D eigenvalue weighted by Gasteiger charge is 2.54. The summed E-state index contributed by atoms with van der Waals surface area (Å²) in [5.74, 6) is -1.22. The van der Waals surface area contributed by atoms with Crippen LogP contribution in [0.25, 0.3) is 0 Å². The number of nitrogens with one attached hydrogen (secondary N) is 2. The Kier molecular flexibility index (Phi) is 9.60. The van der Waals surface area contributed by atoms with Crippen LogP contribution in [0.2, 0.25) is 0 Å². The van der Waals surface area contributed by atoms with E-state index >= 15 is 0 Å². The number of halogens is 1. The molecule has 2 fully saturated rings. The molecule has 1 aromatic heterocycles. The number of aliphatic hydroxyl groups is 1. The minimum Gasteiger partial charge on any atom is -0.461 e. The average molecular weight is 597 g/mol. The number of aromatic amines is 1. The molecule has 1 unspecified atom stereocenters. The van der Waals surface area contributed by atoms with Crippen LogP contribution in [0, 0.1) is 5.82 Å². The van der Waals surface area contributed by atoms with Gasteiger partial charge in [0.1, 0.15) is 41.5 Å². The van der Waals surface area contributed by atoms with Gasteiger partial charge in [-0.1, -0.05) is 6.42 Å². The van der Waals surface area contributed by atoms with Crippen molar-refractivity contribution in [2.24, 2.45) is 4.99 Å². The summed E-state index contributed by atoms with van der Waals surface area (Å²) in [6, 6.07) is 4.64. The summed E-state index contributed by atoms with van der Waals surface area (Å²) in [6.45, 7) is 5.89. The number of aromatic nitrogens is 2. The SMILES string of the molecule is C=N[C@]1(C)[C@H](O)[C@@H](COP(=O)(N[C@@H](C)C(=O)OC2CCCCC2)Oc2ccc(F)cc2)O[C@H]1n1ccc(=O)[nH]c1=O. The fraction of sp³-hybridized carbons (Fsp3) is 0.538. The molecular weight excluding hydrogens is 562 g/mol. The lowest BCUT2D eigenvalue weighted by Crippen LogP contribution is -2.45. The van der Waals surface area contributed by atoms with Crippen molar-refractivity contribution in [1.82, 2.24) is 14.6 Å². The Hall–Kier alpha value is -3.16. The van der Waals surface area contributed by atoms with Gasteiger partial charge in [0.2, 0.25) is 0 Å². The predicted octanol–water partition coefficient (Wildman–Crippen LogP) is 2.45. The predicted molar refractivity (Wildman–Crippen MR) is 145 cm³/mol. The summed E-state index contributed by atoms with van der Waals surface area (Å²) in [6.07, 6.45) is 1.59. The second kappa shape index (κ2) is 12.8. The fourth-order valence-corrected chi connectivity index (χ4v) is 6.30. The van der Waals surface area contributed by atoms with E-state index in [1.165, 1.54) is 32.2 Å². The first-order valence-corrected chi connectivity index (χ1v) is 14.8. The highest BCUT2D eigenvalue weighted by atomic mass is 31.2. The molecule has 6 atom stereocenters. The zero-order valence-corrected chi connectivity index (χ0v) is 23.6. The van der Waals surface area contributed by atoms with Gasteiger partial charge in [0.15, 0.2) is 6.23 Å². The number of carbonyl (C=O) groups excluding carboxylic acids is 1. The van der Waals surface area contributed by atoms with Crippen molar-refractivity contribution in [1.29, 1.82) is 0 Å². The van der Waals surface area contributed by atoms with E-state index in [0.29, 0.717) is 0 Å². The minimum absolute atomic E-state index is 0.0155. The maximum Gasteiger partial charge on any atom is 0.459 e. The van der Waals surface area contributed by atoms with E-state index in [-0.39, 0.29) is 11.9 Å². The first-order valence-electron chi connectivity index (χ1n) is 13.2. The summed E-state index contributed by atoms with van der Waals surface area (Å²) >= 11 is 0.